The highest BCUT2D eigenvalue weighted by Gasteiger charge is 2.25. The number of halogens is 1. The number of hydrogen-bond acceptors (Lipinski definition) is 2. The van der Waals surface area contributed by atoms with E-state index in [2.05, 4.69) is 51.2 Å². The van der Waals surface area contributed by atoms with E-state index in [1.807, 2.05) is 12.1 Å². The van der Waals surface area contributed by atoms with Crippen LogP contribution in [0.15, 0.2) is 53.0 Å². The summed E-state index contributed by atoms with van der Waals surface area (Å²) in [7, 11) is 0. The summed E-state index contributed by atoms with van der Waals surface area (Å²) >= 11 is 3.39. The summed E-state index contributed by atoms with van der Waals surface area (Å²) < 4.78 is 0.769. The number of phenolic OH excluding ortho intramolecular Hbond substituents is 1. The first-order valence-corrected chi connectivity index (χ1v) is 7.80. The van der Waals surface area contributed by atoms with Gasteiger partial charge in [-0.15, -0.1) is 0 Å². The summed E-state index contributed by atoms with van der Waals surface area (Å²) in [5.74, 6) is 0.301. The number of likely N-dealkylation sites (tertiary alicyclic amines) is 1. The van der Waals surface area contributed by atoms with E-state index in [9.17, 15) is 5.11 Å². The van der Waals surface area contributed by atoms with Crippen LogP contribution in [-0.4, -0.2) is 16.6 Å². The maximum atomic E-state index is 9.57. The average molecular weight is 332 g/mol. The van der Waals surface area contributed by atoms with Gasteiger partial charge in [0.05, 0.1) is 4.47 Å². The summed E-state index contributed by atoms with van der Waals surface area (Å²) in [5, 5.41) is 9.57. The van der Waals surface area contributed by atoms with Gasteiger partial charge in [-0.3, -0.25) is 4.90 Å². The molecule has 104 valence electrons. The third-order valence-electron chi connectivity index (χ3n) is 3.95. The monoisotopic (exact) mass is 331 g/mol. The highest BCUT2D eigenvalue weighted by atomic mass is 79.9. The molecule has 3 rings (SSSR count). The van der Waals surface area contributed by atoms with Gasteiger partial charge in [0, 0.05) is 12.6 Å². The molecule has 0 aliphatic carbocycles. The molecule has 0 aromatic heterocycles. The minimum absolute atomic E-state index is 0.301. The van der Waals surface area contributed by atoms with Crippen LogP contribution in [-0.2, 0) is 6.54 Å². The van der Waals surface area contributed by atoms with Gasteiger partial charge in [0.2, 0.25) is 0 Å². The van der Waals surface area contributed by atoms with E-state index in [0.717, 1.165) is 17.6 Å². The van der Waals surface area contributed by atoms with Crippen molar-refractivity contribution >= 4 is 15.9 Å². The second kappa shape index (κ2) is 5.98. The number of benzene rings is 2. The number of hydrogen-bond donors (Lipinski definition) is 1. The lowest BCUT2D eigenvalue weighted by Gasteiger charge is -2.25. The van der Waals surface area contributed by atoms with E-state index in [1.54, 1.807) is 6.07 Å². The summed E-state index contributed by atoms with van der Waals surface area (Å²) in [5.41, 5.74) is 2.64. The Labute approximate surface area is 128 Å². The lowest BCUT2D eigenvalue weighted by Crippen LogP contribution is -2.22. The summed E-state index contributed by atoms with van der Waals surface area (Å²) in [6.07, 6.45) is 2.47. The first-order chi connectivity index (χ1) is 9.74. The van der Waals surface area contributed by atoms with Crippen molar-refractivity contribution in [3.05, 3.63) is 64.1 Å². The highest BCUT2D eigenvalue weighted by molar-refractivity contribution is 9.10. The molecule has 0 amide bonds. The Bertz CT molecular complexity index is 585. The first-order valence-electron chi connectivity index (χ1n) is 7.00. The van der Waals surface area contributed by atoms with Gasteiger partial charge in [0.1, 0.15) is 5.75 Å². The van der Waals surface area contributed by atoms with Crippen molar-refractivity contribution in [1.29, 1.82) is 0 Å². The molecular weight excluding hydrogens is 314 g/mol. The van der Waals surface area contributed by atoms with E-state index in [1.165, 1.54) is 24.0 Å². The molecule has 1 aliphatic heterocycles. The van der Waals surface area contributed by atoms with Crippen LogP contribution in [0.3, 0.4) is 0 Å². The largest absolute Gasteiger partial charge is 0.507 e. The minimum Gasteiger partial charge on any atom is -0.507 e. The fourth-order valence-corrected chi connectivity index (χ4v) is 3.38. The molecule has 1 fully saturated rings. The van der Waals surface area contributed by atoms with Crippen molar-refractivity contribution in [1.82, 2.24) is 4.90 Å². The van der Waals surface area contributed by atoms with Crippen LogP contribution >= 0.6 is 15.9 Å². The van der Waals surface area contributed by atoms with Crippen LogP contribution in [0.2, 0.25) is 0 Å². The number of aromatic hydroxyl groups is 1. The summed E-state index contributed by atoms with van der Waals surface area (Å²) in [4.78, 5) is 2.52. The molecule has 2 nitrogen and oxygen atoms in total. The molecule has 3 heteroatoms. The van der Waals surface area contributed by atoms with Gasteiger partial charge in [-0.25, -0.2) is 0 Å². The lowest BCUT2D eigenvalue weighted by atomic mass is 10.0. The molecule has 20 heavy (non-hydrogen) atoms. The number of phenols is 1. The Morgan fingerprint density at radius 2 is 1.95 bits per heavy atom. The highest BCUT2D eigenvalue weighted by Crippen LogP contribution is 2.34. The molecule has 0 saturated carbocycles. The van der Waals surface area contributed by atoms with Crippen molar-refractivity contribution in [3.8, 4) is 5.75 Å². The van der Waals surface area contributed by atoms with Crippen molar-refractivity contribution in [2.24, 2.45) is 0 Å². The zero-order chi connectivity index (χ0) is 13.9. The Hall–Kier alpha value is -1.32. The third-order valence-corrected chi connectivity index (χ3v) is 4.58. The summed E-state index contributed by atoms with van der Waals surface area (Å²) in [6, 6.07) is 17.0. The molecule has 1 aliphatic rings. The van der Waals surface area contributed by atoms with E-state index >= 15 is 0 Å². The number of nitrogens with zero attached hydrogens (tertiary/aromatic N) is 1. The molecule has 0 radical (unpaired) electrons. The van der Waals surface area contributed by atoms with Crippen LogP contribution in [0.4, 0.5) is 0 Å². The van der Waals surface area contributed by atoms with Crippen molar-refractivity contribution in [2.75, 3.05) is 6.54 Å². The smallest absolute Gasteiger partial charge is 0.129 e. The first kappa shape index (κ1) is 13.7. The van der Waals surface area contributed by atoms with Crippen LogP contribution in [0.5, 0.6) is 5.75 Å². The van der Waals surface area contributed by atoms with Gasteiger partial charge in [0.25, 0.3) is 0 Å². The van der Waals surface area contributed by atoms with Gasteiger partial charge in [-0.1, -0.05) is 36.4 Å². The normalized spacial score (nSPS) is 19.4. The molecule has 1 N–H and O–H groups in total. The molecule has 1 saturated heterocycles. The van der Waals surface area contributed by atoms with Crippen LogP contribution < -0.4 is 0 Å². The van der Waals surface area contributed by atoms with Gasteiger partial charge < -0.3 is 5.11 Å². The van der Waals surface area contributed by atoms with E-state index < -0.39 is 0 Å². The average Bonchev–Trinajstić information content (AvgIpc) is 2.92. The molecule has 1 heterocycles. The summed E-state index contributed by atoms with van der Waals surface area (Å²) in [6.45, 7) is 2.07. The second-order valence-corrected chi connectivity index (χ2v) is 6.18. The number of rotatable bonds is 3. The Morgan fingerprint density at radius 3 is 2.70 bits per heavy atom. The van der Waals surface area contributed by atoms with Crippen molar-refractivity contribution < 1.29 is 5.11 Å². The van der Waals surface area contributed by atoms with Crippen LogP contribution in [0, 0.1) is 0 Å². The van der Waals surface area contributed by atoms with Crippen LogP contribution in [0.25, 0.3) is 0 Å². The standard InChI is InChI=1S/C17H18BrNO/c18-15-11-13(8-9-17(15)20)12-19-10-4-7-16(19)14-5-2-1-3-6-14/h1-3,5-6,8-9,11,16,20H,4,7,10,12H2. The van der Waals surface area contributed by atoms with Gasteiger partial charge >= 0.3 is 0 Å². The van der Waals surface area contributed by atoms with Gasteiger partial charge in [-0.2, -0.15) is 0 Å². The molecule has 2 aromatic rings. The molecular formula is C17H18BrNO. The Balaban J connectivity index is 1.77. The zero-order valence-corrected chi connectivity index (χ0v) is 12.9. The van der Waals surface area contributed by atoms with E-state index in [-0.39, 0.29) is 0 Å². The fraction of sp³-hybridized carbons (Fsp3) is 0.294. The molecule has 0 bridgehead atoms. The lowest BCUT2D eigenvalue weighted by molar-refractivity contribution is 0.248. The minimum atomic E-state index is 0.301. The molecule has 0 spiro atoms. The quantitative estimate of drug-likeness (QED) is 0.895. The fourth-order valence-electron chi connectivity index (χ4n) is 2.95. The Morgan fingerprint density at radius 1 is 1.15 bits per heavy atom. The van der Waals surface area contributed by atoms with Crippen molar-refractivity contribution in [3.63, 3.8) is 0 Å². The second-order valence-electron chi connectivity index (χ2n) is 5.32. The zero-order valence-electron chi connectivity index (χ0n) is 11.3. The predicted octanol–water partition coefficient (Wildman–Crippen LogP) is 4.49. The topological polar surface area (TPSA) is 23.5 Å². The predicted molar refractivity (Wildman–Crippen MR) is 84.6 cm³/mol. The van der Waals surface area contributed by atoms with Crippen molar-refractivity contribution in [2.45, 2.75) is 25.4 Å². The third kappa shape index (κ3) is 2.89. The SMILES string of the molecule is Oc1ccc(CN2CCCC2c2ccccc2)cc1Br. The molecule has 1 atom stereocenters. The maximum Gasteiger partial charge on any atom is 0.129 e. The van der Waals surface area contributed by atoms with E-state index in [4.69, 9.17) is 0 Å². The molecule has 1 unspecified atom stereocenters. The molecule has 2 aromatic carbocycles. The van der Waals surface area contributed by atoms with Gasteiger partial charge in [0.15, 0.2) is 0 Å². The Kier molecular flexibility index (Phi) is 4.08. The van der Waals surface area contributed by atoms with E-state index in [0.29, 0.717) is 11.8 Å². The van der Waals surface area contributed by atoms with Crippen LogP contribution in [0.1, 0.15) is 30.0 Å². The maximum absolute atomic E-state index is 9.57. The van der Waals surface area contributed by atoms with Gasteiger partial charge in [-0.05, 0) is 58.6 Å².